The summed E-state index contributed by atoms with van der Waals surface area (Å²) in [5.41, 5.74) is 2.30. The molecular weight excluding hydrogens is 180 g/mol. The second-order valence-electron chi connectivity index (χ2n) is 3.02. The van der Waals surface area contributed by atoms with Gasteiger partial charge in [0.25, 0.3) is 0 Å². The normalized spacial score (nSPS) is 10.4. The van der Waals surface area contributed by atoms with Gasteiger partial charge in [0, 0.05) is 12.4 Å². The quantitative estimate of drug-likeness (QED) is 0.738. The van der Waals surface area contributed by atoms with Gasteiger partial charge in [0.15, 0.2) is 0 Å². The fraction of sp³-hybridized carbons (Fsp3) is 0.100. The molecule has 2 rings (SSSR count). The summed E-state index contributed by atoms with van der Waals surface area (Å²) in [6.45, 7) is 1.75. The Bertz CT molecular complexity index is 508. The van der Waals surface area contributed by atoms with Crippen LogP contribution in [-0.4, -0.2) is 21.0 Å². The molecule has 0 aliphatic carbocycles. The summed E-state index contributed by atoms with van der Waals surface area (Å²) in [7, 11) is 0. The molecule has 1 aromatic carbocycles. The van der Waals surface area contributed by atoms with Crippen LogP contribution in [0.2, 0.25) is 0 Å². The van der Waals surface area contributed by atoms with Crippen molar-refractivity contribution < 1.29 is 9.90 Å². The lowest BCUT2D eigenvalue weighted by Crippen LogP contribution is -2.00. The van der Waals surface area contributed by atoms with Gasteiger partial charge in [-0.05, 0) is 24.6 Å². The summed E-state index contributed by atoms with van der Waals surface area (Å²) in [4.78, 5) is 18.9. The van der Waals surface area contributed by atoms with Crippen LogP contribution in [0.25, 0.3) is 11.0 Å². The van der Waals surface area contributed by atoms with Crippen molar-refractivity contribution in [3.63, 3.8) is 0 Å². The number of carbonyl (C=O) groups is 1. The Labute approximate surface area is 80.2 Å². The number of hydrogen-bond donors (Lipinski definition) is 1. The van der Waals surface area contributed by atoms with E-state index in [0.717, 1.165) is 5.52 Å². The number of aromatic nitrogens is 2. The highest BCUT2D eigenvalue weighted by Crippen LogP contribution is 2.15. The van der Waals surface area contributed by atoms with E-state index in [9.17, 15) is 4.79 Å². The predicted octanol–water partition coefficient (Wildman–Crippen LogP) is 1.64. The maximum Gasteiger partial charge on any atom is 0.336 e. The summed E-state index contributed by atoms with van der Waals surface area (Å²) >= 11 is 0. The van der Waals surface area contributed by atoms with E-state index in [0.29, 0.717) is 11.1 Å². The minimum atomic E-state index is -0.935. The van der Waals surface area contributed by atoms with E-state index >= 15 is 0 Å². The second-order valence-corrected chi connectivity index (χ2v) is 3.02. The zero-order valence-electron chi connectivity index (χ0n) is 7.56. The summed E-state index contributed by atoms with van der Waals surface area (Å²) in [5.74, 6) is -0.935. The summed E-state index contributed by atoms with van der Waals surface area (Å²) in [6.07, 6.45) is 3.13. The van der Waals surface area contributed by atoms with E-state index in [4.69, 9.17) is 5.11 Å². The Hall–Kier alpha value is -1.97. The lowest BCUT2D eigenvalue weighted by molar-refractivity contribution is 0.0696. The largest absolute Gasteiger partial charge is 0.478 e. The second kappa shape index (κ2) is 3.06. The zero-order chi connectivity index (χ0) is 10.1. The number of rotatable bonds is 1. The average molecular weight is 188 g/mol. The minimum absolute atomic E-state index is 0.276. The molecule has 1 heterocycles. The van der Waals surface area contributed by atoms with Crippen LogP contribution in [0, 0.1) is 6.92 Å². The van der Waals surface area contributed by atoms with Gasteiger partial charge in [0.2, 0.25) is 0 Å². The van der Waals surface area contributed by atoms with Gasteiger partial charge >= 0.3 is 5.97 Å². The highest BCUT2D eigenvalue weighted by atomic mass is 16.4. The predicted molar refractivity (Wildman–Crippen MR) is 51.2 cm³/mol. The van der Waals surface area contributed by atoms with Crippen LogP contribution in [-0.2, 0) is 0 Å². The molecule has 4 nitrogen and oxygen atoms in total. The van der Waals surface area contributed by atoms with Gasteiger partial charge in [-0.1, -0.05) is 0 Å². The molecule has 1 aromatic heterocycles. The van der Waals surface area contributed by atoms with E-state index in [1.54, 1.807) is 31.5 Å². The number of nitrogens with zero attached hydrogens (tertiary/aromatic N) is 2. The molecule has 0 saturated carbocycles. The Morgan fingerprint density at radius 1 is 1.21 bits per heavy atom. The van der Waals surface area contributed by atoms with Crippen LogP contribution in [0.4, 0.5) is 0 Å². The monoisotopic (exact) mass is 188 g/mol. The molecule has 0 saturated heterocycles. The topological polar surface area (TPSA) is 63.1 Å². The van der Waals surface area contributed by atoms with Gasteiger partial charge in [0.1, 0.15) is 0 Å². The number of fused-ring (bicyclic) bond motifs is 1. The van der Waals surface area contributed by atoms with Gasteiger partial charge < -0.3 is 5.11 Å². The van der Waals surface area contributed by atoms with Crippen molar-refractivity contribution in [2.75, 3.05) is 0 Å². The Morgan fingerprint density at radius 2 is 1.79 bits per heavy atom. The first-order valence-electron chi connectivity index (χ1n) is 4.13. The van der Waals surface area contributed by atoms with Gasteiger partial charge in [0.05, 0.1) is 16.6 Å². The molecule has 0 radical (unpaired) electrons. The van der Waals surface area contributed by atoms with Crippen LogP contribution < -0.4 is 0 Å². The maximum absolute atomic E-state index is 10.8. The van der Waals surface area contributed by atoms with Gasteiger partial charge in [-0.15, -0.1) is 0 Å². The first-order valence-corrected chi connectivity index (χ1v) is 4.13. The molecule has 70 valence electrons. The van der Waals surface area contributed by atoms with Crippen molar-refractivity contribution in [2.45, 2.75) is 6.92 Å². The number of carboxylic acid groups (broad SMARTS) is 1. The van der Waals surface area contributed by atoms with Crippen molar-refractivity contribution >= 4 is 17.0 Å². The molecule has 0 bridgehead atoms. The number of hydrogen-bond acceptors (Lipinski definition) is 3. The molecular formula is C10H8N2O2. The Morgan fingerprint density at radius 3 is 2.36 bits per heavy atom. The molecule has 0 unspecified atom stereocenters. The van der Waals surface area contributed by atoms with Crippen molar-refractivity contribution in [2.24, 2.45) is 0 Å². The minimum Gasteiger partial charge on any atom is -0.478 e. The average Bonchev–Trinajstić information content (AvgIpc) is 2.16. The molecule has 0 spiro atoms. The van der Waals surface area contributed by atoms with E-state index in [-0.39, 0.29) is 5.56 Å². The van der Waals surface area contributed by atoms with Crippen LogP contribution in [0.3, 0.4) is 0 Å². The van der Waals surface area contributed by atoms with Gasteiger partial charge in [-0.3, -0.25) is 9.97 Å². The fourth-order valence-corrected chi connectivity index (χ4v) is 1.35. The molecule has 0 amide bonds. The highest BCUT2D eigenvalue weighted by molar-refractivity contribution is 5.93. The van der Waals surface area contributed by atoms with Crippen molar-refractivity contribution in [3.8, 4) is 0 Å². The third-order valence-corrected chi connectivity index (χ3v) is 2.05. The van der Waals surface area contributed by atoms with Crippen molar-refractivity contribution in [1.29, 1.82) is 0 Å². The molecule has 4 heteroatoms. The Balaban J connectivity index is 2.77. The molecule has 14 heavy (non-hydrogen) atoms. The summed E-state index contributed by atoms with van der Waals surface area (Å²) in [6, 6.07) is 3.27. The molecule has 0 atom stereocenters. The first kappa shape index (κ1) is 8.62. The van der Waals surface area contributed by atoms with Crippen LogP contribution >= 0.6 is 0 Å². The number of aromatic carboxylic acids is 1. The summed E-state index contributed by atoms with van der Waals surface area (Å²) in [5, 5.41) is 8.88. The maximum atomic E-state index is 10.8. The Kier molecular flexibility index (Phi) is 1.89. The first-order chi connectivity index (χ1) is 6.68. The van der Waals surface area contributed by atoms with Crippen LogP contribution in [0.1, 0.15) is 15.9 Å². The SMILES string of the molecule is Cc1cc2nccnc2cc1C(=O)O. The van der Waals surface area contributed by atoms with Crippen LogP contribution in [0.15, 0.2) is 24.5 Å². The number of aryl methyl sites for hydroxylation is 1. The molecule has 2 aromatic rings. The van der Waals surface area contributed by atoms with Crippen molar-refractivity contribution in [3.05, 3.63) is 35.7 Å². The molecule has 0 aliphatic heterocycles. The lowest BCUT2D eigenvalue weighted by Gasteiger charge is -2.01. The van der Waals surface area contributed by atoms with E-state index in [1.807, 2.05) is 0 Å². The van der Waals surface area contributed by atoms with Gasteiger partial charge in [-0.2, -0.15) is 0 Å². The van der Waals surface area contributed by atoms with Crippen LogP contribution in [0.5, 0.6) is 0 Å². The summed E-state index contributed by atoms with van der Waals surface area (Å²) < 4.78 is 0. The standard InChI is InChI=1S/C10H8N2O2/c1-6-4-8-9(12-3-2-11-8)5-7(6)10(13)14/h2-5H,1H3,(H,13,14). The number of benzene rings is 1. The zero-order valence-corrected chi connectivity index (χ0v) is 7.56. The van der Waals surface area contributed by atoms with E-state index in [2.05, 4.69) is 9.97 Å². The third-order valence-electron chi connectivity index (χ3n) is 2.05. The lowest BCUT2D eigenvalue weighted by atomic mass is 10.1. The number of carboxylic acids is 1. The molecule has 0 aliphatic rings. The smallest absolute Gasteiger partial charge is 0.336 e. The molecule has 1 N–H and O–H groups in total. The highest BCUT2D eigenvalue weighted by Gasteiger charge is 2.08. The van der Waals surface area contributed by atoms with Crippen molar-refractivity contribution in [1.82, 2.24) is 9.97 Å². The van der Waals surface area contributed by atoms with Gasteiger partial charge in [-0.25, -0.2) is 4.79 Å². The van der Waals surface area contributed by atoms with E-state index in [1.165, 1.54) is 0 Å². The van der Waals surface area contributed by atoms with E-state index < -0.39 is 5.97 Å². The molecule has 0 fully saturated rings. The third kappa shape index (κ3) is 1.31. The fourth-order valence-electron chi connectivity index (χ4n) is 1.35.